The number of nitrogens with one attached hydrogen (secondary N) is 1. The van der Waals surface area contributed by atoms with E-state index >= 15 is 0 Å². The standard InChI is InChI=1S/C22H29N5O/c28-22(19-6-14-27(15-7-19)21-16-23-10-11-24-21)25-20-8-12-26(13-9-20)17-18-4-2-1-3-5-18/h1-5,10-11,16,19-20H,6-9,12-15,17H2,(H,25,28). The summed E-state index contributed by atoms with van der Waals surface area (Å²) < 4.78 is 0. The molecule has 1 aromatic carbocycles. The summed E-state index contributed by atoms with van der Waals surface area (Å²) in [5.74, 6) is 1.27. The predicted octanol–water partition coefficient (Wildman–Crippen LogP) is 2.47. The van der Waals surface area contributed by atoms with Crippen molar-refractivity contribution in [1.82, 2.24) is 20.2 Å². The van der Waals surface area contributed by atoms with E-state index in [2.05, 4.69) is 55.4 Å². The molecule has 4 rings (SSSR count). The first-order valence-electron chi connectivity index (χ1n) is 10.4. The van der Waals surface area contributed by atoms with Crippen molar-refractivity contribution in [2.75, 3.05) is 31.1 Å². The molecular weight excluding hydrogens is 350 g/mol. The fraction of sp³-hybridized carbons (Fsp3) is 0.500. The van der Waals surface area contributed by atoms with Gasteiger partial charge in [0, 0.05) is 57.1 Å². The van der Waals surface area contributed by atoms with E-state index in [0.29, 0.717) is 6.04 Å². The van der Waals surface area contributed by atoms with Crippen molar-refractivity contribution in [2.24, 2.45) is 5.92 Å². The molecule has 0 bridgehead atoms. The zero-order valence-electron chi connectivity index (χ0n) is 16.3. The number of amides is 1. The molecule has 0 aliphatic carbocycles. The number of carbonyl (C=O) groups is 1. The lowest BCUT2D eigenvalue weighted by Gasteiger charge is -2.35. The number of anilines is 1. The van der Waals surface area contributed by atoms with Crippen LogP contribution in [0.1, 0.15) is 31.2 Å². The molecule has 1 N–H and O–H groups in total. The van der Waals surface area contributed by atoms with E-state index in [0.717, 1.165) is 64.2 Å². The Morgan fingerprint density at radius 2 is 1.75 bits per heavy atom. The van der Waals surface area contributed by atoms with E-state index in [4.69, 9.17) is 0 Å². The van der Waals surface area contributed by atoms with Gasteiger partial charge in [-0.15, -0.1) is 0 Å². The van der Waals surface area contributed by atoms with Gasteiger partial charge < -0.3 is 10.2 Å². The summed E-state index contributed by atoms with van der Waals surface area (Å²) in [5, 5.41) is 3.32. The van der Waals surface area contributed by atoms with Crippen LogP contribution in [0.3, 0.4) is 0 Å². The van der Waals surface area contributed by atoms with Gasteiger partial charge in [-0.2, -0.15) is 0 Å². The molecule has 148 valence electrons. The molecule has 2 fully saturated rings. The predicted molar refractivity (Wildman–Crippen MR) is 110 cm³/mol. The van der Waals surface area contributed by atoms with Gasteiger partial charge in [0.25, 0.3) is 0 Å². The summed E-state index contributed by atoms with van der Waals surface area (Å²) in [5.41, 5.74) is 1.36. The maximum atomic E-state index is 12.7. The third kappa shape index (κ3) is 4.87. The maximum Gasteiger partial charge on any atom is 0.223 e. The van der Waals surface area contributed by atoms with Crippen LogP contribution in [0, 0.1) is 5.92 Å². The molecule has 2 aliphatic heterocycles. The Bertz CT molecular complexity index is 738. The highest BCUT2D eigenvalue weighted by Crippen LogP contribution is 2.22. The maximum absolute atomic E-state index is 12.7. The fourth-order valence-corrected chi connectivity index (χ4v) is 4.22. The number of benzene rings is 1. The highest BCUT2D eigenvalue weighted by Gasteiger charge is 2.28. The summed E-state index contributed by atoms with van der Waals surface area (Å²) in [7, 11) is 0. The van der Waals surface area contributed by atoms with E-state index < -0.39 is 0 Å². The SMILES string of the molecule is O=C(NC1CCN(Cc2ccccc2)CC1)C1CCN(c2cnccn2)CC1. The average molecular weight is 380 g/mol. The molecule has 28 heavy (non-hydrogen) atoms. The van der Waals surface area contributed by atoms with Crippen molar-refractivity contribution < 1.29 is 4.79 Å². The Balaban J connectivity index is 1.19. The number of hydrogen-bond donors (Lipinski definition) is 1. The third-order valence-electron chi connectivity index (χ3n) is 5.92. The first-order chi connectivity index (χ1) is 13.8. The van der Waals surface area contributed by atoms with Crippen molar-refractivity contribution in [1.29, 1.82) is 0 Å². The van der Waals surface area contributed by atoms with Gasteiger partial charge in [-0.1, -0.05) is 30.3 Å². The van der Waals surface area contributed by atoms with Crippen LogP contribution in [0.2, 0.25) is 0 Å². The summed E-state index contributed by atoms with van der Waals surface area (Å²) in [4.78, 5) is 25.9. The Morgan fingerprint density at radius 1 is 1.00 bits per heavy atom. The molecule has 0 atom stereocenters. The molecule has 0 radical (unpaired) electrons. The van der Waals surface area contributed by atoms with E-state index in [1.807, 2.05) is 0 Å². The van der Waals surface area contributed by atoms with Gasteiger partial charge in [-0.25, -0.2) is 4.98 Å². The van der Waals surface area contributed by atoms with E-state index in [9.17, 15) is 4.79 Å². The van der Waals surface area contributed by atoms with Crippen LogP contribution >= 0.6 is 0 Å². The largest absolute Gasteiger partial charge is 0.355 e. The minimum absolute atomic E-state index is 0.121. The van der Waals surface area contributed by atoms with Gasteiger partial charge in [0.15, 0.2) is 0 Å². The first kappa shape index (κ1) is 18.9. The normalized spacial score (nSPS) is 19.5. The summed E-state index contributed by atoms with van der Waals surface area (Å²) >= 11 is 0. The van der Waals surface area contributed by atoms with Crippen LogP contribution in [0.4, 0.5) is 5.82 Å². The summed E-state index contributed by atoms with van der Waals surface area (Å²) in [6.45, 7) is 4.83. The molecule has 3 heterocycles. The van der Waals surface area contributed by atoms with Crippen LogP contribution in [-0.2, 0) is 11.3 Å². The Morgan fingerprint density at radius 3 is 2.43 bits per heavy atom. The van der Waals surface area contributed by atoms with Crippen LogP contribution in [-0.4, -0.2) is 53.0 Å². The first-order valence-corrected chi connectivity index (χ1v) is 10.4. The van der Waals surface area contributed by atoms with Gasteiger partial charge in [0.1, 0.15) is 5.82 Å². The van der Waals surface area contributed by atoms with Gasteiger partial charge in [0.05, 0.1) is 6.20 Å². The van der Waals surface area contributed by atoms with Crippen molar-refractivity contribution in [3.63, 3.8) is 0 Å². The molecule has 0 saturated carbocycles. The molecule has 6 nitrogen and oxygen atoms in total. The third-order valence-corrected chi connectivity index (χ3v) is 5.92. The molecule has 1 aromatic heterocycles. The average Bonchev–Trinajstić information content (AvgIpc) is 2.76. The highest BCUT2D eigenvalue weighted by molar-refractivity contribution is 5.79. The molecule has 6 heteroatoms. The second kappa shape index (κ2) is 9.15. The van der Waals surface area contributed by atoms with Crippen molar-refractivity contribution in [3.05, 3.63) is 54.5 Å². The Hall–Kier alpha value is -2.47. The van der Waals surface area contributed by atoms with Gasteiger partial charge in [-0.05, 0) is 31.2 Å². The Labute approximate surface area is 167 Å². The quantitative estimate of drug-likeness (QED) is 0.865. The molecular formula is C22H29N5O. The van der Waals surface area contributed by atoms with Crippen LogP contribution < -0.4 is 10.2 Å². The van der Waals surface area contributed by atoms with Crippen molar-refractivity contribution in [2.45, 2.75) is 38.3 Å². The topological polar surface area (TPSA) is 61.4 Å². The molecule has 2 saturated heterocycles. The zero-order chi connectivity index (χ0) is 19.2. The lowest BCUT2D eigenvalue weighted by atomic mass is 9.94. The van der Waals surface area contributed by atoms with Crippen LogP contribution in [0.25, 0.3) is 0 Å². The number of piperidine rings is 2. The van der Waals surface area contributed by atoms with E-state index in [1.165, 1.54) is 5.56 Å². The summed E-state index contributed by atoms with van der Waals surface area (Å²) in [6.07, 6.45) is 9.05. The minimum atomic E-state index is 0.121. The smallest absolute Gasteiger partial charge is 0.223 e. The fourth-order valence-electron chi connectivity index (χ4n) is 4.22. The molecule has 0 unspecified atom stereocenters. The van der Waals surface area contributed by atoms with Crippen molar-refractivity contribution >= 4 is 11.7 Å². The number of aromatic nitrogens is 2. The monoisotopic (exact) mass is 379 g/mol. The Kier molecular flexibility index (Phi) is 6.17. The number of carbonyl (C=O) groups excluding carboxylic acids is 1. The van der Waals surface area contributed by atoms with Gasteiger partial charge in [0.2, 0.25) is 5.91 Å². The van der Waals surface area contributed by atoms with E-state index in [-0.39, 0.29) is 11.8 Å². The zero-order valence-corrected chi connectivity index (χ0v) is 16.3. The molecule has 2 aromatic rings. The van der Waals surface area contributed by atoms with E-state index in [1.54, 1.807) is 18.6 Å². The van der Waals surface area contributed by atoms with Crippen LogP contribution in [0.5, 0.6) is 0 Å². The van der Waals surface area contributed by atoms with Crippen molar-refractivity contribution in [3.8, 4) is 0 Å². The number of nitrogens with zero attached hydrogens (tertiary/aromatic N) is 4. The molecule has 0 spiro atoms. The van der Waals surface area contributed by atoms with Gasteiger partial charge >= 0.3 is 0 Å². The second-order valence-corrected chi connectivity index (χ2v) is 7.87. The van der Waals surface area contributed by atoms with Crippen LogP contribution in [0.15, 0.2) is 48.9 Å². The molecule has 2 aliphatic rings. The lowest BCUT2D eigenvalue weighted by molar-refractivity contribution is -0.126. The number of likely N-dealkylation sites (tertiary alicyclic amines) is 1. The number of rotatable bonds is 5. The summed E-state index contributed by atoms with van der Waals surface area (Å²) in [6, 6.07) is 10.9. The second-order valence-electron chi connectivity index (χ2n) is 7.87. The van der Waals surface area contributed by atoms with Gasteiger partial charge in [-0.3, -0.25) is 14.7 Å². The molecule has 1 amide bonds. The highest BCUT2D eigenvalue weighted by atomic mass is 16.1. The minimum Gasteiger partial charge on any atom is -0.355 e. The lowest BCUT2D eigenvalue weighted by Crippen LogP contribution is -2.48. The number of hydrogen-bond acceptors (Lipinski definition) is 5.